The summed E-state index contributed by atoms with van der Waals surface area (Å²) in [4.78, 5) is 13.3. The van der Waals surface area contributed by atoms with Gasteiger partial charge < -0.3 is 10.4 Å². The third kappa shape index (κ3) is 7.42. The quantitative estimate of drug-likeness (QED) is 0.276. The average molecular weight is 488 g/mol. The third-order valence-corrected chi connectivity index (χ3v) is 7.23. The number of hydrogen-bond donors (Lipinski definition) is 2. The summed E-state index contributed by atoms with van der Waals surface area (Å²) < 4.78 is 40.0. The van der Waals surface area contributed by atoms with Gasteiger partial charge in [-0.05, 0) is 48.8 Å². The molecular formula is C24H29ClF3NO2S. The second-order valence-corrected chi connectivity index (χ2v) is 10.3. The van der Waals surface area contributed by atoms with E-state index in [9.17, 15) is 23.1 Å². The van der Waals surface area contributed by atoms with E-state index in [1.165, 1.54) is 6.07 Å². The Morgan fingerprint density at radius 2 is 1.69 bits per heavy atom. The number of nitrogens with one attached hydrogen (secondary N) is 1. The summed E-state index contributed by atoms with van der Waals surface area (Å²) in [6.45, 7) is 8.60. The summed E-state index contributed by atoms with van der Waals surface area (Å²) in [6.07, 6.45) is 1.71. The van der Waals surface area contributed by atoms with Gasteiger partial charge in [0.25, 0.3) is 5.91 Å². The highest BCUT2D eigenvalue weighted by atomic mass is 35.5. The second-order valence-electron chi connectivity index (χ2n) is 8.57. The van der Waals surface area contributed by atoms with E-state index in [1.807, 2.05) is 6.92 Å². The highest BCUT2D eigenvalue weighted by Crippen LogP contribution is 2.37. The molecule has 0 saturated heterocycles. The fourth-order valence-corrected chi connectivity index (χ4v) is 4.96. The van der Waals surface area contributed by atoms with E-state index in [2.05, 4.69) is 26.1 Å². The molecule has 3 nitrogen and oxygen atoms in total. The van der Waals surface area contributed by atoms with Gasteiger partial charge in [0.1, 0.15) is 0 Å². The first-order valence-electron chi connectivity index (χ1n) is 10.5. The van der Waals surface area contributed by atoms with E-state index in [0.717, 1.165) is 25.0 Å². The lowest BCUT2D eigenvalue weighted by Gasteiger charge is -2.25. The van der Waals surface area contributed by atoms with Crippen LogP contribution in [0.3, 0.4) is 0 Å². The van der Waals surface area contributed by atoms with Gasteiger partial charge in [-0.25, -0.2) is 13.2 Å². The van der Waals surface area contributed by atoms with Crippen molar-refractivity contribution in [2.45, 2.75) is 50.7 Å². The lowest BCUT2D eigenvalue weighted by atomic mass is 9.90. The van der Waals surface area contributed by atoms with Crippen LogP contribution in [0.4, 0.5) is 18.9 Å². The van der Waals surface area contributed by atoms with Crippen LogP contribution < -0.4 is 5.32 Å². The average Bonchev–Trinajstić information content (AvgIpc) is 2.73. The molecule has 2 rings (SSSR count). The summed E-state index contributed by atoms with van der Waals surface area (Å²) in [6, 6.07) is 6.20. The maximum atomic E-state index is 13.4. The minimum Gasteiger partial charge on any atom is -0.396 e. The number of benzene rings is 2. The fourth-order valence-electron chi connectivity index (χ4n) is 3.15. The van der Waals surface area contributed by atoms with Crippen LogP contribution in [0.25, 0.3) is 0 Å². The molecule has 0 saturated carbocycles. The van der Waals surface area contributed by atoms with Gasteiger partial charge in [0.2, 0.25) is 0 Å². The van der Waals surface area contributed by atoms with E-state index >= 15 is 0 Å². The van der Waals surface area contributed by atoms with Crippen LogP contribution in [0, 0.1) is 35.2 Å². The molecule has 0 aromatic heterocycles. The van der Waals surface area contributed by atoms with Gasteiger partial charge in [0.05, 0.1) is 5.02 Å². The van der Waals surface area contributed by atoms with Crippen molar-refractivity contribution in [1.82, 2.24) is 0 Å². The van der Waals surface area contributed by atoms with Gasteiger partial charge in [0.15, 0.2) is 17.5 Å². The molecule has 3 atom stereocenters. The van der Waals surface area contributed by atoms with Crippen molar-refractivity contribution < 1.29 is 23.1 Å². The Morgan fingerprint density at radius 3 is 2.25 bits per heavy atom. The van der Waals surface area contributed by atoms with Gasteiger partial charge in [-0.2, -0.15) is 0 Å². The van der Waals surface area contributed by atoms with Crippen molar-refractivity contribution >= 4 is 35.0 Å². The highest BCUT2D eigenvalue weighted by Gasteiger charge is 2.21. The highest BCUT2D eigenvalue weighted by molar-refractivity contribution is 8.00. The van der Waals surface area contributed by atoms with Gasteiger partial charge in [-0.15, -0.1) is 11.8 Å². The number of amides is 1. The number of anilines is 1. The number of aliphatic hydroxyl groups excluding tert-OH is 1. The number of rotatable bonds is 10. The molecule has 0 aliphatic rings. The number of carbonyl (C=O) groups excluding carboxylic acids is 1. The van der Waals surface area contributed by atoms with Crippen LogP contribution in [0.15, 0.2) is 35.2 Å². The Morgan fingerprint density at radius 1 is 1.06 bits per heavy atom. The normalized spacial score (nSPS) is 14.3. The van der Waals surface area contributed by atoms with Crippen molar-refractivity contribution in [3.8, 4) is 0 Å². The third-order valence-electron chi connectivity index (χ3n) is 5.48. The Labute approximate surface area is 196 Å². The van der Waals surface area contributed by atoms with Gasteiger partial charge in [-0.3, -0.25) is 4.79 Å². The predicted molar refractivity (Wildman–Crippen MR) is 125 cm³/mol. The van der Waals surface area contributed by atoms with Crippen LogP contribution in [0.5, 0.6) is 0 Å². The monoisotopic (exact) mass is 487 g/mol. The molecule has 8 heteroatoms. The molecule has 2 N–H and O–H groups in total. The Bertz CT molecular complexity index is 918. The second kappa shape index (κ2) is 12.0. The molecule has 0 radical (unpaired) electrons. The molecule has 3 unspecified atom stereocenters. The molecule has 0 aliphatic carbocycles. The standard InChI is InChI=1S/C24H29ClF3NO2S/c1-13(2)15(4)8-18(7-14(3)12-30)32-22-9-16(5-6-19(22)25)24(31)29-17-10-20(26)23(28)21(27)11-17/h5-6,9-11,13-15,18,30H,7-8,12H2,1-4H3,(H,29,31). The first-order valence-corrected chi connectivity index (χ1v) is 11.8. The molecule has 0 fully saturated rings. The van der Waals surface area contributed by atoms with Crippen LogP contribution >= 0.6 is 23.4 Å². The SMILES string of the molecule is CC(CO)CC(CC(C)C(C)C)Sc1cc(C(=O)Nc2cc(F)c(F)c(F)c2)ccc1Cl. The van der Waals surface area contributed by atoms with Crippen LogP contribution in [-0.2, 0) is 0 Å². The van der Waals surface area contributed by atoms with Crippen molar-refractivity contribution in [2.75, 3.05) is 11.9 Å². The Hall–Kier alpha value is -1.70. The molecule has 0 bridgehead atoms. The first kappa shape index (κ1) is 26.6. The van der Waals surface area contributed by atoms with E-state index in [1.54, 1.807) is 23.9 Å². The number of carbonyl (C=O) groups is 1. The van der Waals surface area contributed by atoms with Crippen molar-refractivity contribution in [3.05, 3.63) is 58.4 Å². The summed E-state index contributed by atoms with van der Waals surface area (Å²) in [5, 5.41) is 12.6. The zero-order valence-electron chi connectivity index (χ0n) is 18.6. The minimum absolute atomic E-state index is 0.0914. The first-order chi connectivity index (χ1) is 15.0. The summed E-state index contributed by atoms with van der Waals surface area (Å²) in [5.74, 6) is -3.85. The maximum Gasteiger partial charge on any atom is 0.255 e. The largest absolute Gasteiger partial charge is 0.396 e. The van der Waals surface area contributed by atoms with Crippen molar-refractivity contribution in [1.29, 1.82) is 0 Å². The van der Waals surface area contributed by atoms with Gasteiger partial charge in [0, 0.05) is 40.1 Å². The molecule has 2 aromatic carbocycles. The minimum atomic E-state index is -1.59. The van der Waals surface area contributed by atoms with Crippen LogP contribution in [-0.4, -0.2) is 22.9 Å². The van der Waals surface area contributed by atoms with E-state index < -0.39 is 23.4 Å². The molecule has 2 aromatic rings. The Kier molecular flexibility index (Phi) is 9.92. The summed E-state index contributed by atoms with van der Waals surface area (Å²) in [7, 11) is 0. The van der Waals surface area contributed by atoms with Crippen LogP contribution in [0.2, 0.25) is 5.02 Å². The lowest BCUT2D eigenvalue weighted by Crippen LogP contribution is -2.17. The zero-order chi connectivity index (χ0) is 24.0. The number of halogens is 4. The summed E-state index contributed by atoms with van der Waals surface area (Å²) in [5.41, 5.74) is 0.0730. The van der Waals surface area contributed by atoms with E-state index in [-0.39, 0.29) is 29.0 Å². The molecule has 1 amide bonds. The van der Waals surface area contributed by atoms with Crippen molar-refractivity contribution in [3.63, 3.8) is 0 Å². The topological polar surface area (TPSA) is 49.3 Å². The number of thioether (sulfide) groups is 1. The van der Waals surface area contributed by atoms with Gasteiger partial charge in [-0.1, -0.05) is 39.3 Å². The lowest BCUT2D eigenvalue weighted by molar-refractivity contribution is 0.102. The van der Waals surface area contributed by atoms with Crippen LogP contribution in [0.1, 0.15) is 50.9 Å². The number of hydrogen-bond acceptors (Lipinski definition) is 3. The van der Waals surface area contributed by atoms with Crippen molar-refractivity contribution in [2.24, 2.45) is 17.8 Å². The number of aliphatic hydroxyl groups is 1. The zero-order valence-corrected chi connectivity index (χ0v) is 20.2. The predicted octanol–water partition coefficient (Wildman–Crippen LogP) is 7.17. The van der Waals surface area contributed by atoms with E-state index in [0.29, 0.717) is 21.8 Å². The van der Waals surface area contributed by atoms with Gasteiger partial charge >= 0.3 is 0 Å². The molecule has 0 heterocycles. The molecule has 0 aliphatic heterocycles. The Balaban J connectivity index is 2.22. The molecule has 176 valence electrons. The smallest absolute Gasteiger partial charge is 0.255 e. The summed E-state index contributed by atoms with van der Waals surface area (Å²) >= 11 is 7.95. The molecular weight excluding hydrogens is 459 g/mol. The van der Waals surface area contributed by atoms with E-state index in [4.69, 9.17) is 11.6 Å². The molecule has 0 spiro atoms. The fraction of sp³-hybridized carbons (Fsp3) is 0.458. The maximum absolute atomic E-state index is 13.4. The molecule has 32 heavy (non-hydrogen) atoms.